The molecular weight excluding hydrogens is 460 g/mol. The molecule has 4 aromatic carbocycles. The predicted molar refractivity (Wildman–Crippen MR) is 149 cm³/mol. The fourth-order valence-corrected chi connectivity index (χ4v) is 5.20. The van der Waals surface area contributed by atoms with Gasteiger partial charge in [-0.1, -0.05) is 87.4 Å². The van der Waals surface area contributed by atoms with Crippen LogP contribution in [0.4, 0.5) is 0 Å². The molecule has 0 aliphatic rings. The van der Waals surface area contributed by atoms with Crippen LogP contribution in [0.3, 0.4) is 0 Å². The van der Waals surface area contributed by atoms with Crippen LogP contribution >= 0.6 is 0 Å². The van der Waals surface area contributed by atoms with Gasteiger partial charge in [-0.25, -0.2) is 0 Å². The molecule has 0 amide bonds. The summed E-state index contributed by atoms with van der Waals surface area (Å²) in [6.45, 7) is 12.2. The van der Waals surface area contributed by atoms with Gasteiger partial charge in [-0.05, 0) is 60.4 Å². The zero-order valence-corrected chi connectivity index (χ0v) is 22.4. The van der Waals surface area contributed by atoms with Gasteiger partial charge in [0.25, 0.3) is 0 Å². The third-order valence-corrected chi connectivity index (χ3v) is 7.57. The van der Waals surface area contributed by atoms with Crippen molar-refractivity contribution in [3.8, 4) is 23.0 Å². The first-order valence-corrected chi connectivity index (χ1v) is 12.6. The van der Waals surface area contributed by atoms with Crippen molar-refractivity contribution in [3.05, 3.63) is 117 Å². The fraction of sp³-hybridized carbons (Fsp3) is 0.273. The quantitative estimate of drug-likeness (QED) is 0.225. The fourth-order valence-electron chi connectivity index (χ4n) is 5.20. The molecular formula is C33H36O4. The molecule has 4 N–H and O–H groups in total. The maximum Gasteiger partial charge on any atom is 0.123 e. The van der Waals surface area contributed by atoms with Gasteiger partial charge in [0.05, 0.1) is 0 Å². The lowest BCUT2D eigenvalue weighted by atomic mass is 9.75. The predicted octanol–water partition coefficient (Wildman–Crippen LogP) is 7.37. The topological polar surface area (TPSA) is 80.9 Å². The van der Waals surface area contributed by atoms with Crippen LogP contribution in [0.1, 0.15) is 72.2 Å². The van der Waals surface area contributed by atoms with E-state index in [9.17, 15) is 20.4 Å². The number of phenols is 4. The van der Waals surface area contributed by atoms with Crippen LogP contribution in [-0.2, 0) is 17.3 Å². The van der Waals surface area contributed by atoms with E-state index < -0.39 is 10.8 Å². The Balaban J connectivity index is 1.78. The van der Waals surface area contributed by atoms with Gasteiger partial charge in [-0.15, -0.1) is 0 Å². The van der Waals surface area contributed by atoms with Crippen molar-refractivity contribution < 1.29 is 20.4 Å². The first kappa shape index (κ1) is 26.2. The summed E-state index contributed by atoms with van der Waals surface area (Å²) in [5.41, 5.74) is 6.08. The van der Waals surface area contributed by atoms with Crippen molar-refractivity contribution in [1.29, 1.82) is 0 Å². The highest BCUT2D eigenvalue weighted by Crippen LogP contribution is 2.43. The summed E-state index contributed by atoms with van der Waals surface area (Å²) in [5.74, 6) is 0.831. The molecule has 37 heavy (non-hydrogen) atoms. The SMILES string of the molecule is Cc1cc(Cc2cc(C)cc(C(C)(C)c3ccc(O)cc3)c2O)c(O)c(C(C)(C)c2ccc(O)cc2)c1. The maximum absolute atomic E-state index is 11.5. The molecule has 0 bridgehead atoms. The first-order chi connectivity index (χ1) is 17.3. The number of hydrogen-bond donors (Lipinski definition) is 4. The molecule has 0 heterocycles. The average Bonchev–Trinajstić information content (AvgIpc) is 2.83. The highest BCUT2D eigenvalue weighted by molar-refractivity contribution is 5.56. The Morgan fingerprint density at radius 3 is 1.16 bits per heavy atom. The van der Waals surface area contributed by atoms with E-state index in [0.29, 0.717) is 6.42 Å². The van der Waals surface area contributed by atoms with Gasteiger partial charge in [0.2, 0.25) is 0 Å². The largest absolute Gasteiger partial charge is 0.508 e. The van der Waals surface area contributed by atoms with E-state index in [1.165, 1.54) is 0 Å². The van der Waals surface area contributed by atoms with Crippen molar-refractivity contribution in [3.63, 3.8) is 0 Å². The molecule has 0 fully saturated rings. The molecule has 192 valence electrons. The van der Waals surface area contributed by atoms with Gasteiger partial charge >= 0.3 is 0 Å². The van der Waals surface area contributed by atoms with Crippen LogP contribution in [0.25, 0.3) is 0 Å². The highest BCUT2D eigenvalue weighted by atomic mass is 16.3. The molecule has 0 spiro atoms. The minimum Gasteiger partial charge on any atom is -0.508 e. The highest BCUT2D eigenvalue weighted by Gasteiger charge is 2.30. The third kappa shape index (κ3) is 5.01. The van der Waals surface area contributed by atoms with E-state index in [1.54, 1.807) is 24.3 Å². The Labute approximate surface area is 219 Å². The molecule has 0 radical (unpaired) electrons. The van der Waals surface area contributed by atoms with Gasteiger partial charge in [-0.2, -0.15) is 0 Å². The number of aryl methyl sites for hydroxylation is 2. The number of aromatic hydroxyl groups is 4. The van der Waals surface area contributed by atoms with Crippen molar-refractivity contribution in [1.82, 2.24) is 0 Å². The van der Waals surface area contributed by atoms with Crippen molar-refractivity contribution in [2.75, 3.05) is 0 Å². The summed E-state index contributed by atoms with van der Waals surface area (Å²) in [6.07, 6.45) is 0.373. The minimum absolute atomic E-state index is 0.203. The van der Waals surface area contributed by atoms with Crippen molar-refractivity contribution >= 4 is 0 Å². The second-order valence-electron chi connectivity index (χ2n) is 11.2. The zero-order chi connectivity index (χ0) is 27.1. The summed E-state index contributed by atoms with van der Waals surface area (Å²) in [4.78, 5) is 0. The van der Waals surface area contributed by atoms with Gasteiger partial charge < -0.3 is 20.4 Å². The number of benzene rings is 4. The van der Waals surface area contributed by atoms with E-state index in [4.69, 9.17) is 0 Å². The van der Waals surface area contributed by atoms with E-state index in [-0.39, 0.29) is 23.0 Å². The number of rotatable bonds is 6. The lowest BCUT2D eigenvalue weighted by Gasteiger charge is -2.29. The zero-order valence-electron chi connectivity index (χ0n) is 22.4. The van der Waals surface area contributed by atoms with Gasteiger partial charge in [0, 0.05) is 28.4 Å². The van der Waals surface area contributed by atoms with E-state index >= 15 is 0 Å². The molecule has 0 aliphatic carbocycles. The van der Waals surface area contributed by atoms with Crippen LogP contribution in [0.15, 0.2) is 72.8 Å². The van der Waals surface area contributed by atoms with Gasteiger partial charge in [0.1, 0.15) is 23.0 Å². The summed E-state index contributed by atoms with van der Waals surface area (Å²) in [6, 6.07) is 22.1. The van der Waals surface area contributed by atoms with Crippen LogP contribution in [0, 0.1) is 13.8 Å². The van der Waals surface area contributed by atoms with Crippen LogP contribution < -0.4 is 0 Å². The second kappa shape index (κ2) is 9.51. The minimum atomic E-state index is -0.501. The Kier molecular flexibility index (Phi) is 6.72. The maximum atomic E-state index is 11.5. The summed E-state index contributed by atoms with van der Waals surface area (Å²) in [7, 11) is 0. The molecule has 0 saturated carbocycles. The summed E-state index contributed by atoms with van der Waals surface area (Å²) < 4.78 is 0. The molecule has 0 aromatic heterocycles. The standard InChI is InChI=1S/C33H36O4/c1-20-15-22(30(36)28(17-20)32(3,4)24-7-11-26(34)12-8-24)19-23-16-21(2)18-29(31(23)37)33(5,6)25-9-13-27(35)14-10-25/h7-18,34-37H,19H2,1-6H3. The monoisotopic (exact) mass is 496 g/mol. The Morgan fingerprint density at radius 1 is 0.514 bits per heavy atom. The lowest BCUT2D eigenvalue weighted by molar-refractivity contribution is 0.441. The average molecular weight is 497 g/mol. The van der Waals surface area contributed by atoms with Crippen LogP contribution in [0.2, 0.25) is 0 Å². The van der Waals surface area contributed by atoms with Crippen LogP contribution in [-0.4, -0.2) is 20.4 Å². The van der Waals surface area contributed by atoms with Crippen molar-refractivity contribution in [2.45, 2.75) is 58.8 Å². The number of hydrogen-bond acceptors (Lipinski definition) is 4. The molecule has 4 rings (SSSR count). The van der Waals surface area contributed by atoms with E-state index in [1.807, 2.05) is 62.4 Å². The molecule has 4 aromatic rings. The van der Waals surface area contributed by atoms with E-state index in [2.05, 4.69) is 27.7 Å². The molecule has 4 heteroatoms. The smallest absolute Gasteiger partial charge is 0.123 e. The van der Waals surface area contributed by atoms with Crippen molar-refractivity contribution in [2.24, 2.45) is 0 Å². The Morgan fingerprint density at radius 2 is 0.838 bits per heavy atom. The van der Waals surface area contributed by atoms with Gasteiger partial charge in [-0.3, -0.25) is 0 Å². The molecule has 4 nitrogen and oxygen atoms in total. The molecule has 0 saturated heterocycles. The Hall–Kier alpha value is -3.92. The van der Waals surface area contributed by atoms with E-state index in [0.717, 1.165) is 44.5 Å². The normalized spacial score (nSPS) is 12.1. The summed E-state index contributed by atoms with van der Waals surface area (Å²) in [5, 5.41) is 42.4. The second-order valence-corrected chi connectivity index (χ2v) is 11.2. The van der Waals surface area contributed by atoms with Gasteiger partial charge in [0.15, 0.2) is 0 Å². The third-order valence-electron chi connectivity index (χ3n) is 7.57. The van der Waals surface area contributed by atoms with Crippen LogP contribution in [0.5, 0.6) is 23.0 Å². The molecule has 0 atom stereocenters. The molecule has 0 aliphatic heterocycles. The Bertz CT molecular complexity index is 1320. The lowest BCUT2D eigenvalue weighted by Crippen LogP contribution is -2.20. The molecule has 0 unspecified atom stereocenters. The number of phenolic OH excluding ortho intramolecular Hbond substituents is 4. The summed E-state index contributed by atoms with van der Waals surface area (Å²) >= 11 is 0. The first-order valence-electron chi connectivity index (χ1n) is 12.6.